The molecule has 4 nitrogen and oxygen atoms in total. The first kappa shape index (κ1) is 18.5. The Hall–Kier alpha value is -1.81. The molecule has 2 aromatic rings. The van der Waals surface area contributed by atoms with Crippen LogP contribution in [-0.4, -0.2) is 41.0 Å². The lowest BCUT2D eigenvalue weighted by atomic mass is 9.73. The number of H-pyrrole nitrogens is 1. The molecule has 0 radical (unpaired) electrons. The number of fused-ring (bicyclic) bond motifs is 2. The SMILES string of the molecule is CCCN1C[C@@H](NC(=O)C(C)C)C[C@@H]2c3cccc4[nH]c(CC)c(c34)C[C@H]21. The van der Waals surface area contributed by atoms with Gasteiger partial charge in [0.05, 0.1) is 0 Å². The van der Waals surface area contributed by atoms with Crippen LogP contribution in [0.15, 0.2) is 18.2 Å². The van der Waals surface area contributed by atoms with E-state index in [0.29, 0.717) is 12.0 Å². The standard InChI is InChI=1S/C23H33N3O/c1-5-10-26-13-15(24-23(27)14(3)4)11-17-16-8-7-9-20-22(16)18(12-21(17)26)19(6-2)25-20/h7-9,14-15,17,21,25H,5-6,10-13H2,1-4H3,(H,24,27)/t15-,17+,21+/m0/s1. The maximum absolute atomic E-state index is 12.3. The molecule has 2 N–H and O–H groups in total. The fraction of sp³-hybridized carbons (Fsp3) is 0.609. The topological polar surface area (TPSA) is 48.1 Å². The van der Waals surface area contributed by atoms with Crippen molar-refractivity contribution in [2.75, 3.05) is 13.1 Å². The highest BCUT2D eigenvalue weighted by atomic mass is 16.1. The van der Waals surface area contributed by atoms with Gasteiger partial charge in [-0.15, -0.1) is 0 Å². The molecule has 1 aromatic carbocycles. The summed E-state index contributed by atoms with van der Waals surface area (Å²) in [5.41, 5.74) is 5.71. The summed E-state index contributed by atoms with van der Waals surface area (Å²) in [5, 5.41) is 4.78. The first-order chi connectivity index (χ1) is 13.0. The van der Waals surface area contributed by atoms with E-state index >= 15 is 0 Å². The molecule has 1 saturated heterocycles. The van der Waals surface area contributed by atoms with Gasteiger partial charge in [-0.05, 0) is 49.4 Å². The van der Waals surface area contributed by atoms with Crippen molar-refractivity contribution in [1.82, 2.24) is 15.2 Å². The van der Waals surface area contributed by atoms with E-state index < -0.39 is 0 Å². The molecule has 1 aliphatic heterocycles. The Labute approximate surface area is 162 Å². The second kappa shape index (κ2) is 7.31. The molecule has 0 spiro atoms. The van der Waals surface area contributed by atoms with Crippen molar-refractivity contribution in [1.29, 1.82) is 0 Å². The highest BCUT2D eigenvalue weighted by Gasteiger charge is 2.41. The number of hydrogen-bond donors (Lipinski definition) is 2. The number of carbonyl (C=O) groups excluding carboxylic acids is 1. The zero-order chi connectivity index (χ0) is 19.1. The lowest BCUT2D eigenvalue weighted by molar-refractivity contribution is -0.125. The molecule has 0 unspecified atom stereocenters. The number of likely N-dealkylation sites (tertiary alicyclic amines) is 1. The zero-order valence-electron chi connectivity index (χ0n) is 17.1. The Morgan fingerprint density at radius 3 is 2.85 bits per heavy atom. The van der Waals surface area contributed by atoms with Crippen molar-refractivity contribution in [2.45, 2.75) is 71.4 Å². The van der Waals surface area contributed by atoms with Crippen molar-refractivity contribution >= 4 is 16.8 Å². The average Bonchev–Trinajstić information content (AvgIpc) is 3.02. The average molecular weight is 368 g/mol. The fourth-order valence-electron chi connectivity index (χ4n) is 5.28. The molecule has 4 heteroatoms. The van der Waals surface area contributed by atoms with E-state index in [0.717, 1.165) is 38.8 Å². The molecule has 1 amide bonds. The maximum Gasteiger partial charge on any atom is 0.222 e. The van der Waals surface area contributed by atoms with E-state index in [4.69, 9.17) is 0 Å². The fourth-order valence-corrected chi connectivity index (χ4v) is 5.28. The molecule has 146 valence electrons. The van der Waals surface area contributed by atoms with Crippen molar-refractivity contribution in [3.63, 3.8) is 0 Å². The number of aryl methyl sites for hydroxylation is 1. The Morgan fingerprint density at radius 2 is 2.15 bits per heavy atom. The number of aromatic amines is 1. The van der Waals surface area contributed by atoms with Gasteiger partial charge in [0.1, 0.15) is 0 Å². The Kier molecular flexibility index (Phi) is 5.02. The lowest BCUT2D eigenvalue weighted by Gasteiger charge is -2.47. The normalized spacial score (nSPS) is 25.0. The monoisotopic (exact) mass is 367 g/mol. The molecule has 4 rings (SSSR count). The predicted molar refractivity (Wildman–Crippen MR) is 111 cm³/mol. The Bertz CT molecular complexity index is 838. The van der Waals surface area contributed by atoms with Crippen LogP contribution in [0.2, 0.25) is 0 Å². The number of aromatic nitrogens is 1. The second-order valence-corrected chi connectivity index (χ2v) is 8.67. The number of hydrogen-bond acceptors (Lipinski definition) is 2. The number of nitrogens with zero attached hydrogens (tertiary/aromatic N) is 1. The van der Waals surface area contributed by atoms with Crippen molar-refractivity contribution in [2.24, 2.45) is 5.92 Å². The van der Waals surface area contributed by atoms with Gasteiger partial charge < -0.3 is 10.3 Å². The van der Waals surface area contributed by atoms with Gasteiger partial charge in [-0.3, -0.25) is 9.69 Å². The van der Waals surface area contributed by atoms with Gasteiger partial charge in [-0.25, -0.2) is 0 Å². The number of nitrogens with one attached hydrogen (secondary N) is 2. The smallest absolute Gasteiger partial charge is 0.222 e. The minimum absolute atomic E-state index is 0.0422. The number of piperidine rings is 1. The van der Waals surface area contributed by atoms with Crippen molar-refractivity contribution in [3.8, 4) is 0 Å². The van der Waals surface area contributed by atoms with Crippen LogP contribution >= 0.6 is 0 Å². The maximum atomic E-state index is 12.3. The molecule has 0 bridgehead atoms. The van der Waals surface area contributed by atoms with Crippen LogP contribution in [0.25, 0.3) is 10.9 Å². The van der Waals surface area contributed by atoms with E-state index in [9.17, 15) is 4.79 Å². The third-order valence-electron chi connectivity index (χ3n) is 6.52. The summed E-state index contributed by atoms with van der Waals surface area (Å²) in [4.78, 5) is 18.7. The summed E-state index contributed by atoms with van der Waals surface area (Å²) in [6, 6.07) is 7.53. The first-order valence-electron chi connectivity index (χ1n) is 10.7. The quantitative estimate of drug-likeness (QED) is 0.839. The molecule has 3 atom stereocenters. The van der Waals surface area contributed by atoms with Crippen LogP contribution < -0.4 is 5.32 Å². The molecule has 1 aromatic heterocycles. The Balaban J connectivity index is 1.72. The van der Waals surface area contributed by atoms with Crippen LogP contribution in [0.1, 0.15) is 63.3 Å². The van der Waals surface area contributed by atoms with Gasteiger partial charge in [0, 0.05) is 47.1 Å². The summed E-state index contributed by atoms with van der Waals surface area (Å²) < 4.78 is 0. The summed E-state index contributed by atoms with van der Waals surface area (Å²) in [7, 11) is 0. The number of carbonyl (C=O) groups is 1. The van der Waals surface area contributed by atoms with Gasteiger partial charge in [-0.1, -0.05) is 39.8 Å². The Morgan fingerprint density at radius 1 is 1.33 bits per heavy atom. The van der Waals surface area contributed by atoms with E-state index in [1.807, 2.05) is 13.8 Å². The molecular formula is C23H33N3O. The van der Waals surface area contributed by atoms with Crippen LogP contribution in [-0.2, 0) is 17.6 Å². The largest absolute Gasteiger partial charge is 0.358 e. The highest BCUT2D eigenvalue weighted by molar-refractivity contribution is 5.89. The molecule has 2 heterocycles. The minimum Gasteiger partial charge on any atom is -0.358 e. The molecule has 1 aliphatic carbocycles. The summed E-state index contributed by atoms with van der Waals surface area (Å²) >= 11 is 0. The molecule has 1 fully saturated rings. The number of rotatable bonds is 5. The van der Waals surface area contributed by atoms with E-state index in [1.54, 1.807) is 0 Å². The van der Waals surface area contributed by atoms with Gasteiger partial charge in [0.15, 0.2) is 0 Å². The van der Waals surface area contributed by atoms with Crippen LogP contribution in [0.4, 0.5) is 0 Å². The van der Waals surface area contributed by atoms with Crippen LogP contribution in [0.5, 0.6) is 0 Å². The van der Waals surface area contributed by atoms with Gasteiger partial charge in [0.2, 0.25) is 5.91 Å². The highest BCUT2D eigenvalue weighted by Crippen LogP contribution is 2.44. The summed E-state index contributed by atoms with van der Waals surface area (Å²) in [5.74, 6) is 0.722. The predicted octanol–water partition coefficient (Wildman–Crippen LogP) is 4.00. The van der Waals surface area contributed by atoms with E-state index in [2.05, 4.69) is 47.2 Å². The van der Waals surface area contributed by atoms with Crippen LogP contribution in [0.3, 0.4) is 0 Å². The van der Waals surface area contributed by atoms with Crippen molar-refractivity contribution < 1.29 is 4.79 Å². The molecular weight excluding hydrogens is 334 g/mol. The number of amides is 1. The van der Waals surface area contributed by atoms with E-state index in [1.165, 1.54) is 27.7 Å². The zero-order valence-corrected chi connectivity index (χ0v) is 17.1. The van der Waals surface area contributed by atoms with Crippen LogP contribution in [0, 0.1) is 5.92 Å². The van der Waals surface area contributed by atoms with E-state index in [-0.39, 0.29) is 17.9 Å². The minimum atomic E-state index is 0.0422. The van der Waals surface area contributed by atoms with Crippen molar-refractivity contribution in [3.05, 3.63) is 35.0 Å². The van der Waals surface area contributed by atoms with Gasteiger partial charge >= 0.3 is 0 Å². The summed E-state index contributed by atoms with van der Waals surface area (Å²) in [6.45, 7) is 10.5. The lowest BCUT2D eigenvalue weighted by Crippen LogP contribution is -2.56. The first-order valence-corrected chi connectivity index (χ1v) is 10.7. The summed E-state index contributed by atoms with van der Waals surface area (Å²) in [6.07, 6.45) is 4.39. The molecule has 0 saturated carbocycles. The molecule has 27 heavy (non-hydrogen) atoms. The van der Waals surface area contributed by atoms with Gasteiger partial charge in [0.25, 0.3) is 0 Å². The van der Waals surface area contributed by atoms with Gasteiger partial charge in [-0.2, -0.15) is 0 Å². The third kappa shape index (κ3) is 3.18. The molecule has 2 aliphatic rings. The third-order valence-corrected chi connectivity index (χ3v) is 6.52. The second-order valence-electron chi connectivity index (χ2n) is 8.67. The number of benzene rings is 1.